The highest BCUT2D eigenvalue weighted by Crippen LogP contribution is 2.27. The van der Waals surface area contributed by atoms with Crippen molar-refractivity contribution >= 4 is 45.0 Å². The minimum atomic E-state index is -0.0990. The summed E-state index contributed by atoms with van der Waals surface area (Å²) >= 11 is 4.72. The van der Waals surface area contributed by atoms with Gasteiger partial charge in [0.1, 0.15) is 0 Å². The van der Waals surface area contributed by atoms with Crippen molar-refractivity contribution < 1.29 is 4.79 Å². The molecule has 10 heteroatoms. The molecule has 1 fully saturated rings. The number of hydrogen-bond donors (Lipinski definition) is 1. The lowest BCUT2D eigenvalue weighted by Crippen LogP contribution is -2.46. The van der Waals surface area contributed by atoms with Gasteiger partial charge in [-0.3, -0.25) is 9.69 Å². The van der Waals surface area contributed by atoms with Crippen LogP contribution in [-0.4, -0.2) is 69.5 Å². The van der Waals surface area contributed by atoms with Crippen LogP contribution in [0.3, 0.4) is 0 Å². The van der Waals surface area contributed by atoms with E-state index in [1.165, 1.54) is 11.8 Å². The number of carbonyl (C=O) groups is 1. The van der Waals surface area contributed by atoms with Crippen LogP contribution < -0.4 is 10.2 Å². The van der Waals surface area contributed by atoms with Gasteiger partial charge in [-0.2, -0.15) is 4.68 Å². The summed E-state index contributed by atoms with van der Waals surface area (Å²) in [6, 6.07) is 15.6. The average Bonchev–Trinajstić information content (AvgIpc) is 3.28. The van der Waals surface area contributed by atoms with Gasteiger partial charge in [-0.15, -0.1) is 11.7 Å². The standard InChI is InChI=1S/C22H24BrN7OS/c1-2-11-28-12-14-29(15-13-28)20-6-4-3-5-19(20)24-21(31)16-32-22-25-26-27-30(22)18-9-7-17(23)8-10-18/h2-10H,1,11-16H2,(H,24,31). The normalized spacial score (nSPS) is 14.3. The average molecular weight is 514 g/mol. The molecule has 2 aromatic carbocycles. The molecule has 1 saturated heterocycles. The Kier molecular flexibility index (Phi) is 7.56. The third-order valence-electron chi connectivity index (χ3n) is 5.12. The molecule has 0 radical (unpaired) electrons. The number of para-hydroxylation sites is 2. The number of anilines is 2. The number of aromatic nitrogens is 4. The molecule has 1 aliphatic rings. The first-order valence-corrected chi connectivity index (χ1v) is 12.1. The third kappa shape index (κ3) is 5.56. The van der Waals surface area contributed by atoms with Crippen LogP contribution in [0, 0.1) is 0 Å². The minimum Gasteiger partial charge on any atom is -0.367 e. The zero-order valence-corrected chi connectivity index (χ0v) is 19.9. The highest BCUT2D eigenvalue weighted by molar-refractivity contribution is 9.10. The van der Waals surface area contributed by atoms with E-state index in [9.17, 15) is 4.79 Å². The van der Waals surface area contributed by atoms with E-state index in [4.69, 9.17) is 0 Å². The van der Waals surface area contributed by atoms with E-state index in [-0.39, 0.29) is 11.7 Å². The maximum Gasteiger partial charge on any atom is 0.234 e. The summed E-state index contributed by atoms with van der Waals surface area (Å²) in [5, 5.41) is 15.5. The van der Waals surface area contributed by atoms with Crippen molar-refractivity contribution in [3.05, 3.63) is 65.7 Å². The Morgan fingerprint density at radius 2 is 1.88 bits per heavy atom. The molecule has 1 N–H and O–H groups in total. The van der Waals surface area contributed by atoms with E-state index in [1.807, 2.05) is 48.5 Å². The first-order chi connectivity index (χ1) is 15.6. The molecule has 1 aliphatic heterocycles. The molecule has 0 aliphatic carbocycles. The van der Waals surface area contributed by atoms with Gasteiger partial charge in [0.25, 0.3) is 0 Å². The van der Waals surface area contributed by atoms with E-state index in [0.717, 1.165) is 54.3 Å². The first-order valence-electron chi connectivity index (χ1n) is 10.3. The predicted octanol–water partition coefficient (Wildman–Crippen LogP) is 3.46. The van der Waals surface area contributed by atoms with Gasteiger partial charge in [0, 0.05) is 37.2 Å². The maximum atomic E-state index is 12.7. The van der Waals surface area contributed by atoms with Crippen molar-refractivity contribution in [2.24, 2.45) is 0 Å². The Hall–Kier alpha value is -2.69. The van der Waals surface area contributed by atoms with Crippen LogP contribution in [0.1, 0.15) is 0 Å². The van der Waals surface area contributed by atoms with E-state index in [1.54, 1.807) is 4.68 Å². The van der Waals surface area contributed by atoms with Gasteiger partial charge in [-0.1, -0.05) is 45.9 Å². The van der Waals surface area contributed by atoms with Crippen LogP contribution in [0.2, 0.25) is 0 Å². The number of halogens is 1. The molecule has 0 unspecified atom stereocenters. The van der Waals surface area contributed by atoms with Gasteiger partial charge in [0.15, 0.2) is 0 Å². The monoisotopic (exact) mass is 513 g/mol. The summed E-state index contributed by atoms with van der Waals surface area (Å²) in [6.45, 7) is 8.50. The number of hydrogen-bond acceptors (Lipinski definition) is 7. The summed E-state index contributed by atoms with van der Waals surface area (Å²) in [7, 11) is 0. The molecule has 2 heterocycles. The quantitative estimate of drug-likeness (QED) is 0.364. The predicted molar refractivity (Wildman–Crippen MR) is 131 cm³/mol. The molecule has 1 aromatic heterocycles. The summed E-state index contributed by atoms with van der Waals surface area (Å²) in [5.41, 5.74) is 2.70. The number of carbonyl (C=O) groups excluding carboxylic acids is 1. The van der Waals surface area contributed by atoms with Gasteiger partial charge in [0.2, 0.25) is 11.1 Å². The second-order valence-corrected chi connectivity index (χ2v) is 9.14. The van der Waals surface area contributed by atoms with Crippen LogP contribution in [0.4, 0.5) is 11.4 Å². The fraction of sp³-hybridized carbons (Fsp3) is 0.273. The lowest BCUT2D eigenvalue weighted by Gasteiger charge is -2.36. The van der Waals surface area contributed by atoms with Crippen LogP contribution in [-0.2, 0) is 4.79 Å². The van der Waals surface area contributed by atoms with Crippen molar-refractivity contribution in [2.75, 3.05) is 48.7 Å². The summed E-state index contributed by atoms with van der Waals surface area (Å²) in [4.78, 5) is 17.4. The largest absolute Gasteiger partial charge is 0.367 e. The Labute approximate surface area is 199 Å². The highest BCUT2D eigenvalue weighted by atomic mass is 79.9. The number of thioether (sulfide) groups is 1. The van der Waals surface area contributed by atoms with E-state index in [0.29, 0.717) is 5.16 Å². The van der Waals surface area contributed by atoms with Crippen molar-refractivity contribution in [3.63, 3.8) is 0 Å². The molecule has 0 spiro atoms. The number of amides is 1. The van der Waals surface area contributed by atoms with E-state index in [2.05, 4.69) is 59.2 Å². The Morgan fingerprint density at radius 3 is 2.62 bits per heavy atom. The van der Waals surface area contributed by atoms with Crippen molar-refractivity contribution in [1.29, 1.82) is 0 Å². The summed E-state index contributed by atoms with van der Waals surface area (Å²) < 4.78 is 2.60. The van der Waals surface area contributed by atoms with Crippen LogP contribution in [0.25, 0.3) is 5.69 Å². The van der Waals surface area contributed by atoms with Crippen LogP contribution >= 0.6 is 27.7 Å². The van der Waals surface area contributed by atoms with E-state index >= 15 is 0 Å². The smallest absolute Gasteiger partial charge is 0.234 e. The van der Waals surface area contributed by atoms with Crippen molar-refractivity contribution in [2.45, 2.75) is 5.16 Å². The Bertz CT molecular complexity index is 1060. The Morgan fingerprint density at radius 1 is 1.12 bits per heavy atom. The first kappa shape index (κ1) is 22.5. The van der Waals surface area contributed by atoms with Gasteiger partial charge in [-0.05, 0) is 46.8 Å². The molecule has 8 nitrogen and oxygen atoms in total. The number of piperazine rings is 1. The van der Waals surface area contributed by atoms with Gasteiger partial charge < -0.3 is 10.2 Å². The lowest BCUT2D eigenvalue weighted by atomic mass is 10.2. The molecule has 0 saturated carbocycles. The number of nitrogens with zero attached hydrogens (tertiary/aromatic N) is 6. The van der Waals surface area contributed by atoms with Crippen LogP contribution in [0.15, 0.2) is 70.8 Å². The van der Waals surface area contributed by atoms with Gasteiger partial charge in [-0.25, -0.2) is 0 Å². The summed E-state index contributed by atoms with van der Waals surface area (Å²) in [6.07, 6.45) is 1.94. The van der Waals surface area contributed by atoms with Crippen LogP contribution in [0.5, 0.6) is 0 Å². The number of rotatable bonds is 8. The zero-order chi connectivity index (χ0) is 22.3. The van der Waals surface area contributed by atoms with E-state index < -0.39 is 0 Å². The second kappa shape index (κ2) is 10.8. The van der Waals surface area contributed by atoms with Gasteiger partial charge in [0.05, 0.1) is 22.8 Å². The molecule has 32 heavy (non-hydrogen) atoms. The molecular weight excluding hydrogens is 490 g/mol. The lowest BCUT2D eigenvalue weighted by molar-refractivity contribution is -0.113. The molecular formula is C22H24BrN7OS. The number of nitrogens with one attached hydrogen (secondary N) is 1. The highest BCUT2D eigenvalue weighted by Gasteiger charge is 2.19. The molecule has 166 valence electrons. The fourth-order valence-corrected chi connectivity index (χ4v) is 4.49. The minimum absolute atomic E-state index is 0.0990. The second-order valence-electron chi connectivity index (χ2n) is 7.28. The summed E-state index contributed by atoms with van der Waals surface area (Å²) in [5.74, 6) is 0.108. The van der Waals surface area contributed by atoms with Crippen molar-refractivity contribution in [3.8, 4) is 5.69 Å². The molecule has 0 bridgehead atoms. The third-order valence-corrected chi connectivity index (χ3v) is 6.57. The number of benzene rings is 2. The topological polar surface area (TPSA) is 79.2 Å². The SMILES string of the molecule is C=CCN1CCN(c2ccccc2NC(=O)CSc2nnnn2-c2ccc(Br)cc2)CC1. The number of tetrazole rings is 1. The zero-order valence-electron chi connectivity index (χ0n) is 17.5. The fourth-order valence-electron chi connectivity index (χ4n) is 3.54. The maximum absolute atomic E-state index is 12.7. The molecule has 4 rings (SSSR count). The molecule has 3 aromatic rings. The molecule has 1 amide bonds. The van der Waals surface area contributed by atoms with Crippen molar-refractivity contribution in [1.82, 2.24) is 25.1 Å². The molecule has 0 atom stereocenters. The van der Waals surface area contributed by atoms with Gasteiger partial charge >= 0.3 is 0 Å². The Balaban J connectivity index is 1.37.